The quantitative estimate of drug-likeness (QED) is 0.720. The van der Waals surface area contributed by atoms with Crippen LogP contribution in [0.5, 0.6) is 0 Å². The molecule has 124 valence electrons. The van der Waals surface area contributed by atoms with Gasteiger partial charge in [0.25, 0.3) is 0 Å². The van der Waals surface area contributed by atoms with Crippen LogP contribution < -0.4 is 0 Å². The topological polar surface area (TPSA) is 26.0 Å². The van der Waals surface area contributed by atoms with E-state index in [9.17, 15) is 0 Å². The van der Waals surface area contributed by atoms with Crippen LogP contribution in [0.4, 0.5) is 0 Å². The number of aryl methyl sites for hydroxylation is 2. The van der Waals surface area contributed by atoms with E-state index in [1.165, 1.54) is 33.3 Å². The van der Waals surface area contributed by atoms with Crippen molar-refractivity contribution in [3.8, 4) is 0 Å². The van der Waals surface area contributed by atoms with Crippen molar-refractivity contribution >= 4 is 22.7 Å². The van der Waals surface area contributed by atoms with Gasteiger partial charge in [-0.15, -0.1) is 0 Å². The van der Waals surface area contributed by atoms with E-state index < -0.39 is 0 Å². The Morgan fingerprint density at radius 2 is 2.04 bits per heavy atom. The van der Waals surface area contributed by atoms with Gasteiger partial charge in [-0.1, -0.05) is 11.6 Å². The Morgan fingerprint density at radius 3 is 2.79 bits per heavy atom. The Bertz CT molecular complexity index is 942. The zero-order valence-electron chi connectivity index (χ0n) is 14.9. The molecule has 4 rings (SSSR count). The molecule has 4 heteroatoms. The molecule has 0 unspecified atom stereocenters. The summed E-state index contributed by atoms with van der Waals surface area (Å²) < 4.78 is 4.33. The second kappa shape index (κ2) is 5.64. The first-order valence-corrected chi connectivity index (χ1v) is 8.52. The fourth-order valence-electron chi connectivity index (χ4n) is 3.81. The average molecular weight is 320 g/mol. The predicted octanol–water partition coefficient (Wildman–Crippen LogP) is 3.69. The van der Waals surface area contributed by atoms with Gasteiger partial charge >= 0.3 is 0 Å². The first kappa shape index (κ1) is 15.2. The molecule has 0 radical (unpaired) electrons. The number of aromatic nitrogens is 3. The van der Waals surface area contributed by atoms with Crippen molar-refractivity contribution in [2.75, 3.05) is 13.6 Å². The molecule has 0 N–H and O–H groups in total. The van der Waals surface area contributed by atoms with Crippen molar-refractivity contribution in [1.29, 1.82) is 0 Å². The largest absolute Gasteiger partial charge is 0.320 e. The van der Waals surface area contributed by atoms with Gasteiger partial charge in [-0.2, -0.15) is 5.10 Å². The van der Waals surface area contributed by atoms with Crippen molar-refractivity contribution in [3.63, 3.8) is 0 Å². The normalized spacial score (nSPS) is 15.9. The summed E-state index contributed by atoms with van der Waals surface area (Å²) in [6, 6.07) is 8.87. The molecule has 0 bridgehead atoms. The van der Waals surface area contributed by atoms with E-state index in [1.807, 2.05) is 17.9 Å². The van der Waals surface area contributed by atoms with Crippen molar-refractivity contribution in [1.82, 2.24) is 19.2 Å². The van der Waals surface area contributed by atoms with Gasteiger partial charge in [-0.25, -0.2) is 0 Å². The Labute approximate surface area is 143 Å². The summed E-state index contributed by atoms with van der Waals surface area (Å²) in [6.07, 6.45) is 5.22. The van der Waals surface area contributed by atoms with E-state index in [2.05, 4.69) is 65.9 Å². The van der Waals surface area contributed by atoms with E-state index in [1.54, 1.807) is 0 Å². The van der Waals surface area contributed by atoms with E-state index in [-0.39, 0.29) is 0 Å². The van der Waals surface area contributed by atoms with Gasteiger partial charge in [0.2, 0.25) is 0 Å². The number of nitrogens with zero attached hydrogens (tertiary/aromatic N) is 4. The van der Waals surface area contributed by atoms with Gasteiger partial charge in [0.1, 0.15) is 0 Å². The monoisotopic (exact) mass is 320 g/mol. The summed E-state index contributed by atoms with van der Waals surface area (Å²) in [5.41, 5.74) is 7.96. The first-order valence-electron chi connectivity index (χ1n) is 8.52. The summed E-state index contributed by atoms with van der Waals surface area (Å²) in [5.74, 6) is 0. The van der Waals surface area contributed by atoms with Crippen molar-refractivity contribution in [2.45, 2.75) is 26.8 Å². The average Bonchev–Trinajstić information content (AvgIpc) is 3.10. The minimum atomic E-state index is 1.03. The van der Waals surface area contributed by atoms with Gasteiger partial charge < -0.3 is 9.47 Å². The molecule has 0 spiro atoms. The predicted molar refractivity (Wildman–Crippen MR) is 99.8 cm³/mol. The summed E-state index contributed by atoms with van der Waals surface area (Å²) in [4.78, 5) is 2.41. The Morgan fingerprint density at radius 1 is 1.21 bits per heavy atom. The maximum atomic E-state index is 4.30. The number of hydrogen-bond donors (Lipinski definition) is 0. The molecule has 0 aliphatic carbocycles. The lowest BCUT2D eigenvalue weighted by Crippen LogP contribution is -2.26. The highest BCUT2D eigenvalue weighted by molar-refractivity contribution is 5.90. The second-order valence-electron chi connectivity index (χ2n) is 6.96. The maximum Gasteiger partial charge on any atom is 0.0650 e. The summed E-state index contributed by atoms with van der Waals surface area (Å²) in [5, 5.41) is 5.69. The number of benzene rings is 1. The fourth-order valence-corrected chi connectivity index (χ4v) is 3.81. The molecule has 2 aromatic heterocycles. The van der Waals surface area contributed by atoms with E-state index in [4.69, 9.17) is 0 Å². The number of rotatable bonds is 2. The number of likely N-dealkylation sites (N-methyl/N-ethyl adjacent to an activating group) is 1. The van der Waals surface area contributed by atoms with Gasteiger partial charge in [0.15, 0.2) is 0 Å². The van der Waals surface area contributed by atoms with E-state index >= 15 is 0 Å². The Kier molecular flexibility index (Phi) is 3.57. The van der Waals surface area contributed by atoms with Crippen molar-refractivity contribution in [3.05, 3.63) is 53.0 Å². The van der Waals surface area contributed by atoms with Crippen LogP contribution in [0, 0.1) is 6.92 Å². The minimum Gasteiger partial charge on any atom is -0.320 e. The second-order valence-corrected chi connectivity index (χ2v) is 6.96. The lowest BCUT2D eigenvalue weighted by atomic mass is 10.0. The molecular formula is C20H24N4. The Balaban J connectivity index is 1.94. The minimum absolute atomic E-state index is 1.03. The van der Waals surface area contributed by atoms with Gasteiger partial charge in [0.05, 0.1) is 11.2 Å². The van der Waals surface area contributed by atoms with Crippen LogP contribution in [-0.4, -0.2) is 32.8 Å². The van der Waals surface area contributed by atoms with E-state index in [0.29, 0.717) is 0 Å². The molecular weight excluding hydrogens is 296 g/mol. The third-order valence-corrected chi connectivity index (χ3v) is 5.08. The highest BCUT2D eigenvalue weighted by atomic mass is 15.3. The van der Waals surface area contributed by atoms with Crippen LogP contribution in [-0.2, 0) is 20.0 Å². The van der Waals surface area contributed by atoms with Gasteiger partial charge in [0, 0.05) is 50.0 Å². The standard InChI is InChI=1S/C20H24N4/c1-14-5-6-19-16(11-14)17-13-22(3)10-8-20(17)24(19)12-15(2)18-7-9-21-23(18)4/h5-7,9,11-12H,8,10,13H2,1-4H3. The molecule has 0 amide bonds. The van der Waals surface area contributed by atoms with E-state index in [0.717, 1.165) is 25.2 Å². The number of fused-ring (bicyclic) bond motifs is 3. The molecule has 0 atom stereocenters. The molecule has 0 saturated heterocycles. The maximum absolute atomic E-state index is 4.30. The lowest BCUT2D eigenvalue weighted by Gasteiger charge is -2.23. The van der Waals surface area contributed by atoms with Crippen LogP contribution in [0.3, 0.4) is 0 Å². The molecule has 4 nitrogen and oxygen atoms in total. The molecule has 3 aromatic rings. The SMILES string of the molecule is CC(=Cn1c2c(c3cc(C)ccc31)CN(C)CC2)c1ccnn1C. The number of allylic oxidation sites excluding steroid dienone is 1. The van der Waals surface area contributed by atoms with Crippen molar-refractivity contribution < 1.29 is 0 Å². The molecule has 3 heterocycles. The zero-order valence-corrected chi connectivity index (χ0v) is 14.9. The van der Waals surface area contributed by atoms with Crippen LogP contribution in [0.15, 0.2) is 30.5 Å². The summed E-state index contributed by atoms with van der Waals surface area (Å²) in [7, 11) is 4.20. The summed E-state index contributed by atoms with van der Waals surface area (Å²) >= 11 is 0. The van der Waals surface area contributed by atoms with Crippen LogP contribution in [0.2, 0.25) is 0 Å². The Hall–Kier alpha value is -2.33. The zero-order chi connectivity index (χ0) is 16.8. The highest BCUT2D eigenvalue weighted by Gasteiger charge is 2.22. The van der Waals surface area contributed by atoms with Crippen LogP contribution >= 0.6 is 0 Å². The van der Waals surface area contributed by atoms with Crippen LogP contribution in [0.1, 0.15) is 29.4 Å². The van der Waals surface area contributed by atoms with Gasteiger partial charge in [-0.3, -0.25) is 4.68 Å². The smallest absolute Gasteiger partial charge is 0.0650 e. The molecule has 1 aliphatic rings. The third kappa shape index (κ3) is 2.38. The fraction of sp³-hybridized carbons (Fsp3) is 0.350. The number of hydrogen-bond acceptors (Lipinski definition) is 2. The molecule has 1 aromatic carbocycles. The highest BCUT2D eigenvalue weighted by Crippen LogP contribution is 2.32. The summed E-state index contributed by atoms with van der Waals surface area (Å²) in [6.45, 7) is 6.48. The van der Waals surface area contributed by atoms with Crippen molar-refractivity contribution in [2.24, 2.45) is 7.05 Å². The lowest BCUT2D eigenvalue weighted by molar-refractivity contribution is 0.312. The van der Waals surface area contributed by atoms with Gasteiger partial charge in [-0.05, 0) is 50.2 Å². The van der Waals surface area contributed by atoms with Crippen LogP contribution in [0.25, 0.3) is 22.7 Å². The molecule has 0 fully saturated rings. The third-order valence-electron chi connectivity index (χ3n) is 5.08. The molecule has 1 aliphatic heterocycles. The first-order chi connectivity index (χ1) is 11.5. The molecule has 0 saturated carbocycles. The molecule has 24 heavy (non-hydrogen) atoms.